The molecule has 4 rings (SSSR count). The topological polar surface area (TPSA) is 52.6 Å². The van der Waals surface area contributed by atoms with Gasteiger partial charge in [0.15, 0.2) is 0 Å². The van der Waals surface area contributed by atoms with Crippen molar-refractivity contribution in [2.75, 3.05) is 33.2 Å². The highest BCUT2D eigenvalue weighted by Crippen LogP contribution is 2.51. The number of nitrogens with one attached hydrogen (secondary N) is 1. The van der Waals surface area contributed by atoms with Gasteiger partial charge >= 0.3 is 0 Å². The van der Waals surface area contributed by atoms with E-state index in [-0.39, 0.29) is 11.8 Å². The van der Waals surface area contributed by atoms with Gasteiger partial charge in [0.25, 0.3) is 0 Å². The van der Waals surface area contributed by atoms with Crippen molar-refractivity contribution < 1.29 is 9.59 Å². The number of nitrogens with zero attached hydrogens (tertiary/aromatic N) is 2. The molecule has 1 aliphatic heterocycles. The molecule has 0 spiro atoms. The van der Waals surface area contributed by atoms with E-state index in [2.05, 4.69) is 17.3 Å². The Morgan fingerprint density at radius 2 is 1.71 bits per heavy atom. The van der Waals surface area contributed by atoms with E-state index >= 15 is 0 Å². The number of hydrogen-bond acceptors (Lipinski definition) is 3. The first-order valence-electron chi connectivity index (χ1n) is 10.7. The van der Waals surface area contributed by atoms with E-state index < -0.39 is 11.5 Å². The van der Waals surface area contributed by atoms with Crippen LogP contribution in [0.5, 0.6) is 0 Å². The zero-order valence-electron chi connectivity index (χ0n) is 17.6. The van der Waals surface area contributed by atoms with Crippen molar-refractivity contribution >= 4 is 35.0 Å². The van der Waals surface area contributed by atoms with Crippen molar-refractivity contribution in [3.05, 3.63) is 69.7 Å². The van der Waals surface area contributed by atoms with Crippen LogP contribution in [0.25, 0.3) is 0 Å². The number of likely N-dealkylation sites (N-methyl/N-ethyl adjacent to an activating group) is 1. The third-order valence-corrected chi connectivity index (χ3v) is 6.88. The highest BCUT2D eigenvalue weighted by molar-refractivity contribution is 6.35. The minimum atomic E-state index is -0.682. The quantitative estimate of drug-likeness (QED) is 0.718. The molecule has 0 bridgehead atoms. The second-order valence-corrected chi connectivity index (χ2v) is 9.39. The molecule has 164 valence electrons. The minimum Gasteiger partial charge on any atom is -0.343 e. The Labute approximate surface area is 193 Å². The van der Waals surface area contributed by atoms with E-state index in [4.69, 9.17) is 23.2 Å². The zero-order chi connectivity index (χ0) is 22.0. The molecule has 2 aliphatic rings. The number of rotatable bonds is 6. The summed E-state index contributed by atoms with van der Waals surface area (Å²) in [5.41, 5.74) is 1.12. The van der Waals surface area contributed by atoms with Crippen LogP contribution < -0.4 is 5.32 Å². The smallest absolute Gasteiger partial charge is 0.245 e. The summed E-state index contributed by atoms with van der Waals surface area (Å²) >= 11 is 12.5. The maximum absolute atomic E-state index is 13.4. The van der Waals surface area contributed by atoms with Crippen molar-refractivity contribution in [3.8, 4) is 0 Å². The van der Waals surface area contributed by atoms with Crippen LogP contribution in [0.3, 0.4) is 0 Å². The van der Waals surface area contributed by atoms with Crippen molar-refractivity contribution in [1.29, 1.82) is 0 Å². The van der Waals surface area contributed by atoms with Gasteiger partial charge < -0.3 is 15.1 Å². The summed E-state index contributed by atoms with van der Waals surface area (Å²) in [7, 11) is 2.05. The first-order chi connectivity index (χ1) is 14.9. The van der Waals surface area contributed by atoms with Crippen LogP contribution >= 0.6 is 23.2 Å². The summed E-state index contributed by atoms with van der Waals surface area (Å²) in [6, 6.07) is 14.5. The molecule has 31 heavy (non-hydrogen) atoms. The Morgan fingerprint density at radius 3 is 2.32 bits per heavy atom. The normalized spacial score (nSPS) is 19.0. The number of amides is 2. The van der Waals surface area contributed by atoms with Crippen molar-refractivity contribution in [1.82, 2.24) is 15.1 Å². The lowest BCUT2D eigenvalue weighted by Crippen LogP contribution is -2.56. The maximum atomic E-state index is 13.4. The molecule has 0 radical (unpaired) electrons. The van der Waals surface area contributed by atoms with Gasteiger partial charge in [-0.2, -0.15) is 0 Å². The van der Waals surface area contributed by atoms with Gasteiger partial charge in [0.1, 0.15) is 6.04 Å². The van der Waals surface area contributed by atoms with Gasteiger partial charge in [-0.3, -0.25) is 9.59 Å². The average Bonchev–Trinajstić information content (AvgIpc) is 3.56. The van der Waals surface area contributed by atoms with Crippen molar-refractivity contribution in [2.45, 2.75) is 30.7 Å². The lowest BCUT2D eigenvalue weighted by Gasteiger charge is -2.35. The SMILES string of the molecule is CN1CCN(C(=O)[C@H](Cc2ccccc2)NC(=O)C2(c3ccc(Cl)cc3Cl)CC2)CC1. The third-order valence-electron chi connectivity index (χ3n) is 6.33. The van der Waals surface area contributed by atoms with Gasteiger partial charge in [0.05, 0.1) is 5.41 Å². The Morgan fingerprint density at radius 1 is 1.03 bits per heavy atom. The summed E-state index contributed by atoms with van der Waals surface area (Å²) in [5.74, 6) is -0.163. The Kier molecular flexibility index (Phi) is 6.56. The zero-order valence-corrected chi connectivity index (χ0v) is 19.1. The third kappa shape index (κ3) is 4.89. The Bertz CT molecular complexity index is 955. The number of carbonyl (C=O) groups excluding carboxylic acids is 2. The Hall–Kier alpha value is -2.08. The van der Waals surface area contributed by atoms with Crippen LogP contribution in [0.1, 0.15) is 24.0 Å². The highest BCUT2D eigenvalue weighted by atomic mass is 35.5. The summed E-state index contributed by atoms with van der Waals surface area (Å²) in [5, 5.41) is 4.11. The fourth-order valence-corrected chi connectivity index (χ4v) is 4.80. The molecule has 1 saturated carbocycles. The molecular weight excluding hydrogens is 433 g/mol. The van der Waals surface area contributed by atoms with Crippen LogP contribution in [0.2, 0.25) is 10.0 Å². The predicted octanol–water partition coefficient (Wildman–Crippen LogP) is 3.53. The standard InChI is InChI=1S/C24H27Cl2N3O2/c1-28-11-13-29(14-12-28)22(30)21(15-17-5-3-2-4-6-17)27-23(31)24(9-10-24)19-8-7-18(25)16-20(19)26/h2-8,16,21H,9-15H2,1H3,(H,27,31)/t21-/m0/s1. The largest absolute Gasteiger partial charge is 0.343 e. The summed E-state index contributed by atoms with van der Waals surface area (Å²) in [6.45, 7) is 3.01. The fourth-order valence-electron chi connectivity index (χ4n) is 4.21. The van der Waals surface area contributed by atoms with Gasteiger partial charge in [-0.05, 0) is 43.1 Å². The molecule has 2 fully saturated rings. The monoisotopic (exact) mass is 459 g/mol. The summed E-state index contributed by atoms with van der Waals surface area (Å²) < 4.78 is 0. The van der Waals surface area contributed by atoms with Crippen LogP contribution in [-0.4, -0.2) is 60.9 Å². The van der Waals surface area contributed by atoms with Gasteiger partial charge in [-0.1, -0.05) is 59.6 Å². The van der Waals surface area contributed by atoms with Crippen LogP contribution in [0, 0.1) is 0 Å². The number of benzene rings is 2. The Balaban J connectivity index is 1.55. The molecule has 1 N–H and O–H groups in total. The van der Waals surface area contributed by atoms with Crippen molar-refractivity contribution in [2.24, 2.45) is 0 Å². The minimum absolute atomic E-state index is 0.0247. The van der Waals surface area contributed by atoms with Crippen LogP contribution in [-0.2, 0) is 21.4 Å². The number of halogens is 2. The highest BCUT2D eigenvalue weighted by Gasteiger charge is 2.53. The van der Waals surface area contributed by atoms with E-state index in [0.717, 1.165) is 24.2 Å². The molecule has 1 aliphatic carbocycles. The average molecular weight is 460 g/mol. The van der Waals surface area contributed by atoms with E-state index in [1.165, 1.54) is 0 Å². The number of carbonyl (C=O) groups is 2. The second kappa shape index (κ2) is 9.19. The maximum Gasteiger partial charge on any atom is 0.245 e. The van der Waals surface area contributed by atoms with E-state index in [0.29, 0.717) is 42.4 Å². The molecule has 5 nitrogen and oxygen atoms in total. The molecular formula is C24H27Cl2N3O2. The first-order valence-corrected chi connectivity index (χ1v) is 11.4. The number of hydrogen-bond donors (Lipinski definition) is 1. The van der Waals surface area contributed by atoms with Crippen LogP contribution in [0.15, 0.2) is 48.5 Å². The predicted molar refractivity (Wildman–Crippen MR) is 124 cm³/mol. The molecule has 2 aromatic rings. The van der Waals surface area contributed by atoms with Crippen molar-refractivity contribution in [3.63, 3.8) is 0 Å². The number of piperazine rings is 1. The fraction of sp³-hybridized carbons (Fsp3) is 0.417. The molecule has 0 unspecified atom stereocenters. The molecule has 1 heterocycles. The lowest BCUT2D eigenvalue weighted by molar-refractivity contribution is -0.138. The van der Waals surface area contributed by atoms with E-state index in [9.17, 15) is 9.59 Å². The molecule has 1 saturated heterocycles. The second-order valence-electron chi connectivity index (χ2n) is 8.55. The van der Waals surface area contributed by atoms with E-state index in [1.807, 2.05) is 41.3 Å². The molecule has 7 heteroatoms. The molecule has 2 aromatic carbocycles. The molecule has 0 aromatic heterocycles. The van der Waals surface area contributed by atoms with Gasteiger partial charge in [0.2, 0.25) is 11.8 Å². The van der Waals surface area contributed by atoms with Gasteiger partial charge in [-0.25, -0.2) is 0 Å². The summed E-state index contributed by atoms with van der Waals surface area (Å²) in [4.78, 5) is 30.9. The first kappa shape index (κ1) is 22.1. The summed E-state index contributed by atoms with van der Waals surface area (Å²) in [6.07, 6.45) is 1.88. The van der Waals surface area contributed by atoms with Gasteiger partial charge in [-0.15, -0.1) is 0 Å². The molecule has 2 amide bonds. The molecule has 1 atom stereocenters. The van der Waals surface area contributed by atoms with E-state index in [1.54, 1.807) is 12.1 Å². The van der Waals surface area contributed by atoms with Crippen LogP contribution in [0.4, 0.5) is 0 Å². The lowest BCUT2D eigenvalue weighted by atomic mass is 9.93. The van der Waals surface area contributed by atoms with Gasteiger partial charge in [0, 0.05) is 42.6 Å².